The highest BCUT2D eigenvalue weighted by Gasteiger charge is 2.27. The van der Waals surface area contributed by atoms with Gasteiger partial charge in [-0.1, -0.05) is 66.4 Å². The number of hydrogen-bond donors (Lipinski definition) is 0. The number of nitrogens with zero attached hydrogens (tertiary/aromatic N) is 3. The molecule has 6 nitrogen and oxygen atoms in total. The number of hydrogen-bond acceptors (Lipinski definition) is 5. The predicted octanol–water partition coefficient (Wildman–Crippen LogP) is 5.17. The Morgan fingerprint density at radius 1 is 1.00 bits per heavy atom. The molecule has 0 radical (unpaired) electrons. The van der Waals surface area contributed by atoms with Crippen molar-refractivity contribution in [2.24, 2.45) is 0 Å². The maximum atomic E-state index is 13.6. The number of halogens is 1. The Balaban J connectivity index is 1.88. The zero-order valence-corrected chi connectivity index (χ0v) is 17.9. The van der Waals surface area contributed by atoms with E-state index in [-0.39, 0.29) is 16.7 Å². The fraction of sp³-hybridized carbons (Fsp3) is 0.182. The number of ether oxygens (including phenoxy) is 1. The summed E-state index contributed by atoms with van der Waals surface area (Å²) in [5.41, 5.74) is 0.570. The summed E-state index contributed by atoms with van der Waals surface area (Å²) >= 11 is 5.99. The van der Waals surface area contributed by atoms with E-state index in [0.717, 1.165) is 22.3 Å². The highest BCUT2D eigenvalue weighted by atomic mass is 35.5. The van der Waals surface area contributed by atoms with E-state index in [1.807, 2.05) is 31.2 Å². The first-order valence-corrected chi connectivity index (χ1v) is 11.4. The molecule has 4 rings (SSSR count). The standard InChI is InChI=1S/C22H20ClN3O3S/c1-2-3-15-29-22-24-21(17-11-13-18(23)14-12-17)26(25-22)30(27,28)20-10-6-8-16-7-4-5-9-19(16)20/h4-14H,2-3,15H2,1H3. The molecule has 0 aliphatic heterocycles. The van der Waals surface area contributed by atoms with Crippen molar-refractivity contribution >= 4 is 32.4 Å². The molecule has 1 aromatic heterocycles. The lowest BCUT2D eigenvalue weighted by molar-refractivity contribution is 0.286. The Labute approximate surface area is 180 Å². The van der Waals surface area contributed by atoms with Gasteiger partial charge in [-0.3, -0.25) is 0 Å². The van der Waals surface area contributed by atoms with Gasteiger partial charge in [0.1, 0.15) is 0 Å². The van der Waals surface area contributed by atoms with E-state index in [2.05, 4.69) is 10.1 Å². The third-order valence-electron chi connectivity index (χ3n) is 4.65. The van der Waals surface area contributed by atoms with Crippen molar-refractivity contribution in [3.63, 3.8) is 0 Å². The van der Waals surface area contributed by atoms with Crippen LogP contribution in [0.4, 0.5) is 0 Å². The van der Waals surface area contributed by atoms with Crippen LogP contribution in [0.2, 0.25) is 5.02 Å². The molecule has 0 spiro atoms. The molecule has 0 atom stereocenters. The molecule has 3 aromatic carbocycles. The van der Waals surface area contributed by atoms with Crippen LogP contribution in [0.3, 0.4) is 0 Å². The van der Waals surface area contributed by atoms with Crippen LogP contribution in [0.15, 0.2) is 71.6 Å². The molecule has 0 saturated heterocycles. The zero-order valence-electron chi connectivity index (χ0n) is 16.3. The first-order valence-electron chi connectivity index (χ1n) is 9.60. The Morgan fingerprint density at radius 2 is 1.73 bits per heavy atom. The van der Waals surface area contributed by atoms with Gasteiger partial charge >= 0.3 is 6.01 Å². The molecule has 8 heteroatoms. The molecule has 154 valence electrons. The zero-order chi connectivity index (χ0) is 21.1. The normalized spacial score (nSPS) is 11.7. The Kier molecular flexibility index (Phi) is 5.74. The number of fused-ring (bicyclic) bond motifs is 1. The molecule has 0 aliphatic rings. The Morgan fingerprint density at radius 3 is 2.50 bits per heavy atom. The molecule has 0 amide bonds. The van der Waals surface area contributed by atoms with Gasteiger partial charge in [0.15, 0.2) is 5.82 Å². The second kappa shape index (κ2) is 8.45. The topological polar surface area (TPSA) is 74.1 Å². The quantitative estimate of drug-likeness (QED) is 0.370. The predicted molar refractivity (Wildman–Crippen MR) is 117 cm³/mol. The molecule has 0 bridgehead atoms. The van der Waals surface area contributed by atoms with Gasteiger partial charge < -0.3 is 4.74 Å². The lowest BCUT2D eigenvalue weighted by atomic mass is 10.1. The van der Waals surface area contributed by atoms with Gasteiger partial charge in [-0.05, 0) is 42.1 Å². The van der Waals surface area contributed by atoms with Crippen molar-refractivity contribution in [2.75, 3.05) is 6.61 Å². The van der Waals surface area contributed by atoms with Crippen molar-refractivity contribution in [3.8, 4) is 17.4 Å². The fourth-order valence-electron chi connectivity index (χ4n) is 3.11. The summed E-state index contributed by atoms with van der Waals surface area (Å²) in [5, 5.41) is 6.18. The van der Waals surface area contributed by atoms with E-state index in [4.69, 9.17) is 16.3 Å². The monoisotopic (exact) mass is 441 g/mol. The SMILES string of the molecule is CCCCOc1nc(-c2ccc(Cl)cc2)n(S(=O)(=O)c2cccc3ccccc23)n1. The first kappa shape index (κ1) is 20.4. The van der Waals surface area contributed by atoms with Crippen molar-refractivity contribution in [2.45, 2.75) is 24.7 Å². The van der Waals surface area contributed by atoms with Gasteiger partial charge in [0.2, 0.25) is 0 Å². The number of benzene rings is 3. The van der Waals surface area contributed by atoms with Gasteiger partial charge in [-0.15, -0.1) is 4.09 Å². The molecule has 0 N–H and O–H groups in total. The first-order chi connectivity index (χ1) is 14.5. The van der Waals surface area contributed by atoms with Gasteiger partial charge in [0.25, 0.3) is 10.0 Å². The lowest BCUT2D eigenvalue weighted by Gasteiger charge is -2.10. The summed E-state index contributed by atoms with van der Waals surface area (Å²) < 4.78 is 33.8. The highest BCUT2D eigenvalue weighted by molar-refractivity contribution is 7.90. The Bertz CT molecular complexity index is 1280. The summed E-state index contributed by atoms with van der Waals surface area (Å²) in [5.74, 6) is 0.172. The van der Waals surface area contributed by atoms with Gasteiger partial charge in [-0.2, -0.15) is 13.4 Å². The lowest BCUT2D eigenvalue weighted by Crippen LogP contribution is -2.16. The minimum Gasteiger partial charge on any atom is -0.462 e. The van der Waals surface area contributed by atoms with E-state index in [1.54, 1.807) is 42.5 Å². The molecule has 30 heavy (non-hydrogen) atoms. The van der Waals surface area contributed by atoms with Crippen LogP contribution in [0.1, 0.15) is 19.8 Å². The van der Waals surface area contributed by atoms with Crippen LogP contribution in [-0.4, -0.2) is 29.2 Å². The summed E-state index contributed by atoms with van der Waals surface area (Å²) in [6.07, 6.45) is 1.76. The van der Waals surface area contributed by atoms with Crippen LogP contribution >= 0.6 is 11.6 Å². The van der Waals surface area contributed by atoms with E-state index >= 15 is 0 Å². The molecule has 0 fully saturated rings. The minimum absolute atomic E-state index is 0.0252. The van der Waals surface area contributed by atoms with Crippen LogP contribution in [-0.2, 0) is 10.0 Å². The average molecular weight is 442 g/mol. The maximum absolute atomic E-state index is 13.6. The summed E-state index contributed by atoms with van der Waals surface area (Å²) in [4.78, 5) is 4.51. The van der Waals surface area contributed by atoms with Crippen LogP contribution in [0, 0.1) is 0 Å². The number of aromatic nitrogens is 3. The molecule has 0 unspecified atom stereocenters. The highest BCUT2D eigenvalue weighted by Crippen LogP contribution is 2.29. The smallest absolute Gasteiger partial charge is 0.337 e. The molecule has 4 aromatic rings. The molecule has 1 heterocycles. The second-order valence-corrected chi connectivity index (χ2v) is 8.92. The summed E-state index contributed by atoms with van der Waals surface area (Å²) in [6.45, 7) is 2.45. The summed E-state index contributed by atoms with van der Waals surface area (Å²) in [7, 11) is -4.03. The van der Waals surface area contributed by atoms with Crippen molar-refractivity contribution < 1.29 is 13.2 Å². The van der Waals surface area contributed by atoms with Gasteiger partial charge in [0.05, 0.1) is 11.5 Å². The van der Waals surface area contributed by atoms with E-state index < -0.39 is 10.0 Å². The molecule has 0 aliphatic carbocycles. The summed E-state index contributed by atoms with van der Waals surface area (Å²) in [6, 6.07) is 19.3. The van der Waals surface area contributed by atoms with Gasteiger partial charge in [-0.25, -0.2) is 0 Å². The van der Waals surface area contributed by atoms with Crippen molar-refractivity contribution in [1.29, 1.82) is 0 Å². The van der Waals surface area contributed by atoms with Gasteiger partial charge in [0, 0.05) is 16.0 Å². The maximum Gasteiger partial charge on any atom is 0.337 e. The second-order valence-electron chi connectivity index (χ2n) is 6.75. The van der Waals surface area contributed by atoms with Crippen molar-refractivity contribution in [3.05, 3.63) is 71.8 Å². The van der Waals surface area contributed by atoms with Crippen LogP contribution in [0.25, 0.3) is 22.2 Å². The third kappa shape index (κ3) is 3.91. The fourth-order valence-corrected chi connectivity index (χ4v) is 4.68. The minimum atomic E-state index is -4.03. The van der Waals surface area contributed by atoms with E-state index in [1.165, 1.54) is 0 Å². The molecular weight excluding hydrogens is 422 g/mol. The number of unbranched alkanes of at least 4 members (excludes halogenated alkanes) is 1. The van der Waals surface area contributed by atoms with E-state index in [0.29, 0.717) is 22.6 Å². The Hall–Kier alpha value is -2.90. The van der Waals surface area contributed by atoms with Crippen molar-refractivity contribution in [1.82, 2.24) is 14.2 Å². The van der Waals surface area contributed by atoms with Crippen LogP contribution < -0.4 is 4.74 Å². The van der Waals surface area contributed by atoms with Crippen LogP contribution in [0.5, 0.6) is 6.01 Å². The third-order valence-corrected chi connectivity index (χ3v) is 6.52. The largest absolute Gasteiger partial charge is 0.462 e. The average Bonchev–Trinajstić information content (AvgIpc) is 3.19. The van der Waals surface area contributed by atoms with E-state index in [9.17, 15) is 8.42 Å². The molecule has 0 saturated carbocycles. The molecular formula is C22H20ClN3O3S. The number of rotatable bonds is 7.